The molecule has 1 fully saturated rings. The maximum Gasteiger partial charge on any atom is 0.249 e. The van der Waals surface area contributed by atoms with Gasteiger partial charge in [0.2, 0.25) is 5.95 Å². The van der Waals surface area contributed by atoms with Crippen molar-refractivity contribution in [3.05, 3.63) is 88.8 Å². The van der Waals surface area contributed by atoms with Gasteiger partial charge in [-0.3, -0.25) is 19.9 Å². The average molecular weight is 647 g/mol. The molecule has 0 unspecified atom stereocenters. The zero-order valence-electron chi connectivity index (χ0n) is 26.2. The van der Waals surface area contributed by atoms with E-state index in [9.17, 15) is 14.0 Å². The Kier molecular flexibility index (Phi) is 9.86. The predicted molar refractivity (Wildman–Crippen MR) is 179 cm³/mol. The first-order valence-corrected chi connectivity index (χ1v) is 15.3. The van der Waals surface area contributed by atoms with Crippen molar-refractivity contribution in [1.82, 2.24) is 30.8 Å². The van der Waals surface area contributed by atoms with Crippen LogP contribution in [0.2, 0.25) is 5.02 Å². The van der Waals surface area contributed by atoms with Crippen LogP contribution in [0.25, 0.3) is 10.9 Å². The summed E-state index contributed by atoms with van der Waals surface area (Å²) in [7, 11) is 0. The standard InChI is InChI=1S/C33H37ClF2N10/c1-6-7-20(16-38-5)30(28-19-46(44-43-28)24-8-10-45(11-9-24)33(2,3)4)41-22-12-25-29(42-23-14-27(35)32(36)40-18-23)21(15-37)17-39-31(25)26(34)13-22/h6-7,12-14,16-19,24,30,41,43-44H,5,8-11H2,1-4H3,(H,39,42)/b7-6-,20-16+/t30-/m0/s1. The SMILES string of the molecule is C=N/C=C(\C=C/C)[C@H](Nc1cc(Cl)c2ncc(C#N)c(Nc3cnc(F)c(F)c3)c2c1)C1=CN(C2CCN(C(C)(C)C)CC2)NN1. The number of hydrogen-bond donors (Lipinski definition) is 4. The molecule has 2 aliphatic rings. The molecule has 5 rings (SSSR count). The molecular formula is C33H37ClF2N10. The van der Waals surface area contributed by atoms with Gasteiger partial charge in [-0.2, -0.15) is 9.65 Å². The highest BCUT2D eigenvalue weighted by molar-refractivity contribution is 6.36. The molecule has 1 aromatic carbocycles. The molecule has 0 aliphatic carbocycles. The minimum Gasteiger partial charge on any atom is -0.373 e. The fraction of sp³-hybridized carbons (Fsp3) is 0.333. The Balaban J connectivity index is 1.50. The maximum atomic E-state index is 14.0. The highest BCUT2D eigenvalue weighted by atomic mass is 35.5. The molecule has 0 saturated carbocycles. The number of rotatable bonds is 9. The summed E-state index contributed by atoms with van der Waals surface area (Å²) in [4.78, 5) is 14.4. The van der Waals surface area contributed by atoms with E-state index in [0.717, 1.165) is 49.5 Å². The summed E-state index contributed by atoms with van der Waals surface area (Å²) < 4.78 is 27.5. The lowest BCUT2D eigenvalue weighted by molar-refractivity contribution is 0.0570. The lowest BCUT2D eigenvalue weighted by Crippen LogP contribution is -2.52. The summed E-state index contributed by atoms with van der Waals surface area (Å²) in [6.07, 6.45) is 12.2. The van der Waals surface area contributed by atoms with Crippen LogP contribution in [0.3, 0.4) is 0 Å². The molecule has 3 aromatic rings. The third-order valence-electron chi connectivity index (χ3n) is 8.08. The molecule has 2 aromatic heterocycles. The van der Waals surface area contributed by atoms with Gasteiger partial charge in [-0.1, -0.05) is 23.8 Å². The molecule has 0 spiro atoms. The molecule has 1 atom stereocenters. The van der Waals surface area contributed by atoms with E-state index >= 15 is 0 Å². The van der Waals surface area contributed by atoms with Crippen molar-refractivity contribution in [2.45, 2.75) is 58.2 Å². The van der Waals surface area contributed by atoms with E-state index < -0.39 is 17.8 Å². The first kappa shape index (κ1) is 32.8. The van der Waals surface area contributed by atoms with E-state index in [1.165, 1.54) is 6.20 Å². The first-order chi connectivity index (χ1) is 22.0. The number of likely N-dealkylation sites (tertiary alicyclic amines) is 1. The summed E-state index contributed by atoms with van der Waals surface area (Å²) in [6, 6.07) is 6.51. The van der Waals surface area contributed by atoms with Gasteiger partial charge in [0.15, 0.2) is 5.82 Å². The van der Waals surface area contributed by atoms with Crippen LogP contribution in [0.4, 0.5) is 25.8 Å². The topological polar surface area (TPSA) is 117 Å². The summed E-state index contributed by atoms with van der Waals surface area (Å²) in [5.41, 5.74) is 10.2. The second-order valence-corrected chi connectivity index (χ2v) is 12.5. The number of fused-ring (bicyclic) bond motifs is 1. The van der Waals surface area contributed by atoms with E-state index in [-0.39, 0.29) is 16.8 Å². The number of halogens is 3. The molecule has 4 heterocycles. The number of nitrogens with zero attached hydrogens (tertiary/aromatic N) is 6. The van der Waals surface area contributed by atoms with Crippen LogP contribution in [0, 0.1) is 23.1 Å². The van der Waals surface area contributed by atoms with Crippen molar-refractivity contribution in [3.8, 4) is 6.07 Å². The fourth-order valence-electron chi connectivity index (χ4n) is 5.72. The predicted octanol–water partition coefficient (Wildman–Crippen LogP) is 6.55. The van der Waals surface area contributed by atoms with Crippen molar-refractivity contribution >= 4 is 46.3 Å². The average Bonchev–Trinajstić information content (AvgIpc) is 3.52. The second kappa shape index (κ2) is 13.8. The van der Waals surface area contributed by atoms with Crippen LogP contribution in [0.1, 0.15) is 46.1 Å². The number of piperidine rings is 1. The van der Waals surface area contributed by atoms with Gasteiger partial charge in [0, 0.05) is 60.4 Å². The van der Waals surface area contributed by atoms with Crippen LogP contribution in [-0.2, 0) is 0 Å². The monoisotopic (exact) mass is 646 g/mol. The van der Waals surface area contributed by atoms with Crippen molar-refractivity contribution in [2.24, 2.45) is 4.99 Å². The minimum atomic E-state index is -1.22. The molecule has 46 heavy (non-hydrogen) atoms. The van der Waals surface area contributed by atoms with Gasteiger partial charge in [-0.15, -0.1) is 5.53 Å². The van der Waals surface area contributed by atoms with E-state index in [1.807, 2.05) is 19.1 Å². The lowest BCUT2D eigenvalue weighted by Gasteiger charge is -2.42. The number of aliphatic imine (C=N–C) groups is 1. The second-order valence-electron chi connectivity index (χ2n) is 12.1. The summed E-state index contributed by atoms with van der Waals surface area (Å²) in [6.45, 7) is 14.3. The molecule has 2 aliphatic heterocycles. The van der Waals surface area contributed by atoms with Crippen molar-refractivity contribution in [2.75, 3.05) is 23.7 Å². The van der Waals surface area contributed by atoms with E-state index in [4.69, 9.17) is 11.6 Å². The molecule has 13 heteroatoms. The summed E-state index contributed by atoms with van der Waals surface area (Å²) in [5.74, 6) is -2.34. The summed E-state index contributed by atoms with van der Waals surface area (Å²) in [5, 5.41) is 19.4. The molecule has 10 nitrogen and oxygen atoms in total. The van der Waals surface area contributed by atoms with Gasteiger partial charge < -0.3 is 16.1 Å². The van der Waals surface area contributed by atoms with Crippen molar-refractivity contribution < 1.29 is 8.78 Å². The third kappa shape index (κ3) is 7.12. The molecule has 1 saturated heterocycles. The summed E-state index contributed by atoms with van der Waals surface area (Å²) >= 11 is 6.75. The number of benzene rings is 1. The Bertz CT molecular complexity index is 1750. The highest BCUT2D eigenvalue weighted by Gasteiger charge is 2.32. The molecule has 240 valence electrons. The van der Waals surface area contributed by atoms with Gasteiger partial charge in [-0.05, 0) is 65.0 Å². The number of allylic oxidation sites excluding steroid dienone is 1. The largest absolute Gasteiger partial charge is 0.373 e. The van der Waals surface area contributed by atoms with Crippen LogP contribution in [0.15, 0.2) is 71.4 Å². The Morgan fingerprint density at radius 2 is 1.96 bits per heavy atom. The number of aromatic nitrogens is 2. The Morgan fingerprint density at radius 1 is 1.20 bits per heavy atom. The number of pyridine rings is 2. The first-order valence-electron chi connectivity index (χ1n) is 14.9. The normalized spacial score (nSPS) is 17.1. The van der Waals surface area contributed by atoms with Gasteiger partial charge in [0.05, 0.1) is 45.4 Å². The lowest BCUT2D eigenvalue weighted by atomic mass is 9.98. The zero-order chi connectivity index (χ0) is 33.0. The number of nitrogens with one attached hydrogen (secondary N) is 4. The zero-order valence-corrected chi connectivity index (χ0v) is 27.0. The molecule has 0 amide bonds. The molecule has 4 N–H and O–H groups in total. The van der Waals surface area contributed by atoms with Gasteiger partial charge >= 0.3 is 0 Å². The number of anilines is 3. The van der Waals surface area contributed by atoms with Crippen molar-refractivity contribution in [1.29, 1.82) is 5.26 Å². The van der Waals surface area contributed by atoms with Crippen LogP contribution >= 0.6 is 11.6 Å². The quantitative estimate of drug-likeness (QED) is 0.117. The fourth-order valence-corrected chi connectivity index (χ4v) is 5.99. The molecule has 0 radical (unpaired) electrons. The minimum absolute atomic E-state index is 0.133. The van der Waals surface area contributed by atoms with Crippen LogP contribution < -0.4 is 21.6 Å². The Hall–Kier alpha value is -4.57. The molecule has 0 bridgehead atoms. The molecular weight excluding hydrogens is 610 g/mol. The number of hydrazine groups is 2. The van der Waals surface area contributed by atoms with E-state index in [1.54, 1.807) is 18.3 Å². The van der Waals surface area contributed by atoms with Gasteiger partial charge in [0.25, 0.3) is 0 Å². The maximum absolute atomic E-state index is 14.0. The Labute approximate surface area is 272 Å². The van der Waals surface area contributed by atoms with Crippen LogP contribution in [0.5, 0.6) is 0 Å². The third-order valence-corrected chi connectivity index (χ3v) is 8.37. The van der Waals surface area contributed by atoms with E-state index in [0.29, 0.717) is 33.3 Å². The Morgan fingerprint density at radius 3 is 2.61 bits per heavy atom. The number of hydrogen-bond acceptors (Lipinski definition) is 10. The van der Waals surface area contributed by atoms with Crippen LogP contribution in [-0.4, -0.2) is 57.3 Å². The van der Waals surface area contributed by atoms with Gasteiger partial charge in [-0.25, -0.2) is 9.37 Å². The van der Waals surface area contributed by atoms with E-state index in [2.05, 4.69) is 86.2 Å². The van der Waals surface area contributed by atoms with Crippen molar-refractivity contribution in [3.63, 3.8) is 0 Å². The number of nitriles is 1. The smallest absolute Gasteiger partial charge is 0.249 e. The van der Waals surface area contributed by atoms with Gasteiger partial charge in [0.1, 0.15) is 6.07 Å². The highest BCUT2D eigenvalue weighted by Crippen LogP contribution is 2.36.